The lowest BCUT2D eigenvalue weighted by Gasteiger charge is -2.21. The quantitative estimate of drug-likeness (QED) is 0.889. The maximum Gasteiger partial charge on any atom is 0.126 e. The minimum atomic E-state index is 0.224. The highest BCUT2D eigenvalue weighted by molar-refractivity contribution is 5.75. The van der Waals surface area contributed by atoms with Crippen LogP contribution in [0.5, 0.6) is 0 Å². The second kappa shape index (κ2) is 6.16. The van der Waals surface area contributed by atoms with Gasteiger partial charge in [0.1, 0.15) is 5.82 Å². The van der Waals surface area contributed by atoms with Crippen LogP contribution in [0, 0.1) is 11.8 Å². The zero-order valence-electron chi connectivity index (χ0n) is 12.9. The fourth-order valence-electron chi connectivity index (χ4n) is 3.59. The van der Waals surface area contributed by atoms with Crippen LogP contribution in [0.2, 0.25) is 0 Å². The van der Waals surface area contributed by atoms with Gasteiger partial charge >= 0.3 is 0 Å². The Morgan fingerprint density at radius 3 is 2.86 bits per heavy atom. The number of aryl methyl sites for hydroxylation is 1. The molecule has 1 fully saturated rings. The molecule has 0 radical (unpaired) electrons. The molecule has 1 heterocycles. The molecule has 21 heavy (non-hydrogen) atoms. The van der Waals surface area contributed by atoms with Crippen molar-refractivity contribution in [1.29, 1.82) is 0 Å². The van der Waals surface area contributed by atoms with E-state index in [-0.39, 0.29) is 6.04 Å². The summed E-state index contributed by atoms with van der Waals surface area (Å²) in [5.74, 6) is 2.16. The van der Waals surface area contributed by atoms with Crippen LogP contribution < -0.4 is 5.32 Å². The lowest BCUT2D eigenvalue weighted by molar-refractivity contribution is 0.190. The van der Waals surface area contributed by atoms with Crippen molar-refractivity contribution in [3.8, 4) is 0 Å². The Bertz CT molecular complexity index is 607. The zero-order chi connectivity index (χ0) is 14.8. The number of nitrogens with one attached hydrogen (secondary N) is 1. The number of aromatic nitrogens is 2. The lowest BCUT2D eigenvalue weighted by Crippen LogP contribution is -2.30. The van der Waals surface area contributed by atoms with Crippen LogP contribution in [0.25, 0.3) is 11.0 Å². The Balaban J connectivity index is 1.69. The summed E-state index contributed by atoms with van der Waals surface area (Å²) in [6.07, 6.45) is 3.65. The molecule has 1 aromatic carbocycles. The van der Waals surface area contributed by atoms with Crippen molar-refractivity contribution in [3.63, 3.8) is 0 Å². The van der Waals surface area contributed by atoms with Crippen molar-refractivity contribution in [1.82, 2.24) is 14.9 Å². The number of para-hydroxylation sites is 2. The fraction of sp³-hybridized carbons (Fsp3) is 0.588. The zero-order valence-corrected chi connectivity index (χ0v) is 12.9. The molecule has 0 amide bonds. The first-order valence-corrected chi connectivity index (χ1v) is 7.96. The van der Waals surface area contributed by atoms with Crippen molar-refractivity contribution in [2.75, 3.05) is 13.2 Å². The molecule has 2 aromatic rings. The van der Waals surface area contributed by atoms with E-state index in [1.54, 1.807) is 0 Å². The molecule has 3 rings (SSSR count). The summed E-state index contributed by atoms with van der Waals surface area (Å²) in [7, 11) is 2.08. The Morgan fingerprint density at radius 2 is 2.10 bits per heavy atom. The highest BCUT2D eigenvalue weighted by Gasteiger charge is 2.27. The molecule has 2 N–H and O–H groups in total. The van der Waals surface area contributed by atoms with E-state index in [1.165, 1.54) is 24.8 Å². The second-order valence-electron chi connectivity index (χ2n) is 6.28. The van der Waals surface area contributed by atoms with E-state index in [1.807, 2.05) is 6.07 Å². The minimum Gasteiger partial charge on any atom is -0.396 e. The van der Waals surface area contributed by atoms with Gasteiger partial charge in [-0.25, -0.2) is 4.98 Å². The van der Waals surface area contributed by atoms with E-state index in [9.17, 15) is 5.11 Å². The molecular formula is C17H25N3O. The predicted molar refractivity (Wildman–Crippen MR) is 85.0 cm³/mol. The molecule has 0 bridgehead atoms. The van der Waals surface area contributed by atoms with Crippen molar-refractivity contribution in [2.45, 2.75) is 32.2 Å². The van der Waals surface area contributed by atoms with Crippen LogP contribution in [0.1, 0.15) is 38.1 Å². The van der Waals surface area contributed by atoms with Gasteiger partial charge < -0.3 is 15.0 Å². The summed E-state index contributed by atoms with van der Waals surface area (Å²) in [6.45, 7) is 3.47. The Morgan fingerprint density at radius 1 is 1.33 bits per heavy atom. The smallest absolute Gasteiger partial charge is 0.126 e. The average molecular weight is 287 g/mol. The lowest BCUT2D eigenvalue weighted by atomic mass is 9.97. The van der Waals surface area contributed by atoms with Crippen LogP contribution in [-0.2, 0) is 7.05 Å². The molecule has 4 nitrogen and oxygen atoms in total. The van der Waals surface area contributed by atoms with Gasteiger partial charge in [0, 0.05) is 13.7 Å². The van der Waals surface area contributed by atoms with Gasteiger partial charge in [-0.3, -0.25) is 0 Å². The van der Waals surface area contributed by atoms with Crippen LogP contribution in [0.3, 0.4) is 0 Å². The second-order valence-corrected chi connectivity index (χ2v) is 6.28. The molecule has 1 saturated carbocycles. The molecule has 0 spiro atoms. The number of benzene rings is 1. The number of rotatable bonds is 5. The Labute approximate surface area is 126 Å². The largest absolute Gasteiger partial charge is 0.396 e. The van der Waals surface area contributed by atoms with Gasteiger partial charge in [-0.1, -0.05) is 18.6 Å². The van der Waals surface area contributed by atoms with E-state index in [0.717, 1.165) is 17.9 Å². The number of aliphatic hydroxyl groups is 1. The highest BCUT2D eigenvalue weighted by Crippen LogP contribution is 2.31. The van der Waals surface area contributed by atoms with Gasteiger partial charge in [0.15, 0.2) is 0 Å². The van der Waals surface area contributed by atoms with Crippen LogP contribution >= 0.6 is 0 Å². The third-order valence-corrected chi connectivity index (χ3v) is 4.95. The predicted octanol–water partition coefficient (Wildman–Crippen LogP) is 2.63. The van der Waals surface area contributed by atoms with Gasteiger partial charge in [0.2, 0.25) is 0 Å². The van der Waals surface area contributed by atoms with Gasteiger partial charge in [-0.15, -0.1) is 0 Å². The first-order chi connectivity index (χ1) is 10.2. The summed E-state index contributed by atoms with van der Waals surface area (Å²) in [4.78, 5) is 4.75. The summed E-state index contributed by atoms with van der Waals surface area (Å²) < 4.78 is 2.17. The van der Waals surface area contributed by atoms with E-state index in [2.05, 4.69) is 42.1 Å². The standard InChI is InChI=1S/C17H25N3O/c1-12(18-10-13-6-5-7-14(13)11-21)17-19-15-8-3-4-9-16(15)20(17)2/h3-4,8-9,12-14,18,21H,5-7,10-11H2,1-2H3. The third kappa shape index (κ3) is 2.83. The number of hydrogen-bond acceptors (Lipinski definition) is 3. The number of nitrogens with zero attached hydrogens (tertiary/aromatic N) is 2. The number of aliphatic hydroxyl groups excluding tert-OH is 1. The van der Waals surface area contributed by atoms with E-state index in [0.29, 0.717) is 18.4 Å². The molecule has 4 heteroatoms. The van der Waals surface area contributed by atoms with E-state index < -0.39 is 0 Å². The highest BCUT2D eigenvalue weighted by atomic mass is 16.3. The Kier molecular flexibility index (Phi) is 4.27. The first-order valence-electron chi connectivity index (χ1n) is 7.96. The third-order valence-electron chi connectivity index (χ3n) is 4.95. The summed E-state index contributed by atoms with van der Waals surface area (Å²) >= 11 is 0. The normalized spacial score (nSPS) is 23.8. The van der Waals surface area contributed by atoms with Crippen LogP contribution in [0.4, 0.5) is 0 Å². The van der Waals surface area contributed by atoms with Gasteiger partial charge in [0.05, 0.1) is 17.1 Å². The Hall–Kier alpha value is -1.39. The van der Waals surface area contributed by atoms with Gasteiger partial charge in [0.25, 0.3) is 0 Å². The monoisotopic (exact) mass is 287 g/mol. The molecule has 3 atom stereocenters. The summed E-state index contributed by atoms with van der Waals surface area (Å²) in [5.41, 5.74) is 2.23. The van der Waals surface area contributed by atoms with Gasteiger partial charge in [-0.05, 0) is 50.3 Å². The van der Waals surface area contributed by atoms with E-state index >= 15 is 0 Å². The average Bonchev–Trinajstić information content (AvgIpc) is 3.09. The molecule has 1 aliphatic rings. The molecule has 3 unspecified atom stereocenters. The summed E-state index contributed by atoms with van der Waals surface area (Å²) in [5, 5.41) is 13.0. The van der Waals surface area contributed by atoms with Crippen LogP contribution in [-0.4, -0.2) is 27.8 Å². The minimum absolute atomic E-state index is 0.224. The van der Waals surface area contributed by atoms with Gasteiger partial charge in [-0.2, -0.15) is 0 Å². The number of imidazole rings is 1. The van der Waals surface area contributed by atoms with E-state index in [4.69, 9.17) is 4.98 Å². The topological polar surface area (TPSA) is 50.1 Å². The number of hydrogen-bond donors (Lipinski definition) is 2. The first kappa shape index (κ1) is 14.5. The number of fused-ring (bicyclic) bond motifs is 1. The van der Waals surface area contributed by atoms with Crippen molar-refractivity contribution in [3.05, 3.63) is 30.1 Å². The molecule has 1 aliphatic carbocycles. The summed E-state index contributed by atoms with van der Waals surface area (Å²) in [6, 6.07) is 8.47. The maximum absolute atomic E-state index is 9.41. The molecule has 1 aromatic heterocycles. The van der Waals surface area contributed by atoms with Crippen molar-refractivity contribution >= 4 is 11.0 Å². The SMILES string of the molecule is CC(NCC1CCCC1CO)c1nc2ccccc2n1C. The molecule has 0 aliphatic heterocycles. The maximum atomic E-state index is 9.41. The molecule has 0 saturated heterocycles. The molecular weight excluding hydrogens is 262 g/mol. The molecule has 114 valence electrons. The fourth-order valence-corrected chi connectivity index (χ4v) is 3.59. The van der Waals surface area contributed by atoms with Crippen molar-refractivity contribution < 1.29 is 5.11 Å². The van der Waals surface area contributed by atoms with Crippen molar-refractivity contribution in [2.24, 2.45) is 18.9 Å². The van der Waals surface area contributed by atoms with Crippen LogP contribution in [0.15, 0.2) is 24.3 Å².